The zero-order valence-electron chi connectivity index (χ0n) is 24.5. The highest BCUT2D eigenvalue weighted by atomic mass is 79.9. The third kappa shape index (κ3) is 6.43. The highest BCUT2D eigenvalue weighted by Gasteiger charge is 2.31. The van der Waals surface area contributed by atoms with Crippen LogP contribution in [0.15, 0.2) is 116 Å². The molecule has 4 aromatic carbocycles. The molecule has 0 bridgehead atoms. The van der Waals surface area contributed by atoms with Gasteiger partial charge in [0.2, 0.25) is 0 Å². The number of benzene rings is 4. The van der Waals surface area contributed by atoms with Crippen LogP contribution in [-0.4, -0.2) is 20.4 Å². The van der Waals surface area contributed by atoms with Gasteiger partial charge in [0, 0.05) is 42.7 Å². The van der Waals surface area contributed by atoms with Crippen LogP contribution in [0.1, 0.15) is 28.1 Å². The van der Waals surface area contributed by atoms with E-state index < -0.39 is 17.3 Å². The number of hydrogen-bond acceptors (Lipinski definition) is 4. The van der Waals surface area contributed by atoms with Gasteiger partial charge in [-0.05, 0) is 80.6 Å². The average molecular weight is 750 g/mol. The summed E-state index contributed by atoms with van der Waals surface area (Å²) >= 11 is 7.02. The Bertz CT molecular complexity index is 2170. The summed E-state index contributed by atoms with van der Waals surface area (Å²) in [5, 5.41) is 4.78. The van der Waals surface area contributed by atoms with Gasteiger partial charge in [0.1, 0.15) is 12.4 Å². The van der Waals surface area contributed by atoms with Gasteiger partial charge in [-0.3, -0.25) is 4.79 Å². The van der Waals surface area contributed by atoms with Gasteiger partial charge in [-0.15, -0.1) is 0 Å². The van der Waals surface area contributed by atoms with Crippen molar-refractivity contribution in [3.63, 3.8) is 0 Å². The Morgan fingerprint density at radius 2 is 1.67 bits per heavy atom. The molecule has 0 aliphatic rings. The molecule has 0 amide bonds. The molecule has 0 fully saturated rings. The lowest BCUT2D eigenvalue weighted by Gasteiger charge is -2.12. The predicted molar refractivity (Wildman–Crippen MR) is 181 cm³/mol. The van der Waals surface area contributed by atoms with E-state index >= 15 is 0 Å². The standard InChI is InChI=1S/C35H25Br2F3N4O2/c1-21-16-25(22(2)43(21)28-12-14-29(15-13-28)46-20-24-10-11-27(36)18-31(24)37)19-41-44-33(23-6-5-7-26(17-23)35(38,39)40)42-32-9-4-3-8-30(32)34(44)45/h3-19H,20H2,1-2H3. The molecule has 0 saturated carbocycles. The fraction of sp³-hybridized carbons (Fsp3) is 0.114. The van der Waals surface area contributed by atoms with Crippen LogP contribution in [0.25, 0.3) is 28.0 Å². The van der Waals surface area contributed by atoms with Gasteiger partial charge in [-0.2, -0.15) is 22.9 Å². The average Bonchev–Trinajstić information content (AvgIpc) is 3.32. The first-order valence-electron chi connectivity index (χ1n) is 14.1. The molecule has 0 N–H and O–H groups in total. The molecule has 6 nitrogen and oxygen atoms in total. The van der Waals surface area contributed by atoms with Crippen molar-refractivity contribution in [3.8, 4) is 22.8 Å². The molecule has 46 heavy (non-hydrogen) atoms. The molecule has 0 spiro atoms. The largest absolute Gasteiger partial charge is 0.489 e. The molecular formula is C35H25Br2F3N4O2. The van der Waals surface area contributed by atoms with Crippen molar-refractivity contribution in [2.24, 2.45) is 5.10 Å². The molecule has 0 saturated heterocycles. The summed E-state index contributed by atoms with van der Waals surface area (Å²) in [6.45, 7) is 4.29. The van der Waals surface area contributed by atoms with Crippen LogP contribution in [0.4, 0.5) is 13.2 Å². The highest BCUT2D eigenvalue weighted by molar-refractivity contribution is 9.11. The van der Waals surface area contributed by atoms with Gasteiger partial charge < -0.3 is 9.30 Å². The molecule has 0 radical (unpaired) electrons. The van der Waals surface area contributed by atoms with E-state index in [0.717, 1.165) is 54.0 Å². The number of para-hydroxylation sites is 1. The molecule has 6 rings (SSSR count). The van der Waals surface area contributed by atoms with E-state index in [1.54, 1.807) is 24.3 Å². The van der Waals surface area contributed by atoms with Crippen molar-refractivity contribution in [1.82, 2.24) is 14.2 Å². The summed E-state index contributed by atoms with van der Waals surface area (Å²) in [5.41, 5.74) is 3.58. The molecule has 0 aliphatic heterocycles. The Morgan fingerprint density at radius 3 is 2.41 bits per heavy atom. The second-order valence-corrected chi connectivity index (χ2v) is 12.3. The van der Waals surface area contributed by atoms with Crippen LogP contribution < -0.4 is 10.3 Å². The third-order valence-electron chi connectivity index (χ3n) is 7.49. The maximum Gasteiger partial charge on any atom is 0.416 e. The predicted octanol–water partition coefficient (Wildman–Crippen LogP) is 9.48. The summed E-state index contributed by atoms with van der Waals surface area (Å²) in [7, 11) is 0. The number of fused-ring (bicyclic) bond motifs is 1. The van der Waals surface area contributed by atoms with Crippen molar-refractivity contribution in [1.29, 1.82) is 0 Å². The van der Waals surface area contributed by atoms with E-state index in [2.05, 4.69) is 41.9 Å². The van der Waals surface area contributed by atoms with Crippen LogP contribution >= 0.6 is 31.9 Å². The molecular weight excluding hydrogens is 725 g/mol. The van der Waals surface area contributed by atoms with Crippen LogP contribution in [0, 0.1) is 13.8 Å². The maximum atomic E-state index is 13.6. The number of nitrogens with zero attached hydrogens (tertiary/aromatic N) is 4. The summed E-state index contributed by atoms with van der Waals surface area (Å²) in [6.07, 6.45) is -3.03. The Kier molecular flexibility index (Phi) is 8.71. The number of halogens is 5. The minimum atomic E-state index is -4.56. The number of alkyl halides is 3. The Hall–Kier alpha value is -4.48. The molecule has 232 valence electrons. The zero-order valence-corrected chi connectivity index (χ0v) is 27.7. The number of aromatic nitrogens is 3. The number of rotatable bonds is 7. The summed E-state index contributed by atoms with van der Waals surface area (Å²) in [6, 6.07) is 27.0. The molecule has 6 aromatic rings. The molecule has 0 aliphatic carbocycles. The van der Waals surface area contributed by atoms with Gasteiger partial charge in [-0.25, -0.2) is 4.98 Å². The topological polar surface area (TPSA) is 61.4 Å². The van der Waals surface area contributed by atoms with Crippen molar-refractivity contribution < 1.29 is 17.9 Å². The lowest BCUT2D eigenvalue weighted by Crippen LogP contribution is -2.20. The first-order valence-corrected chi connectivity index (χ1v) is 15.7. The number of aryl methyl sites for hydroxylation is 1. The highest BCUT2D eigenvalue weighted by Crippen LogP contribution is 2.32. The summed E-state index contributed by atoms with van der Waals surface area (Å²) in [5.74, 6) is 0.721. The minimum Gasteiger partial charge on any atom is -0.489 e. The number of hydrogen-bond donors (Lipinski definition) is 0. The molecule has 2 aromatic heterocycles. The van der Waals surface area contributed by atoms with Gasteiger partial charge >= 0.3 is 6.18 Å². The normalized spacial score (nSPS) is 11.9. The fourth-order valence-corrected chi connectivity index (χ4v) is 6.34. The minimum absolute atomic E-state index is 0.00520. The Balaban J connectivity index is 1.32. The quantitative estimate of drug-likeness (QED) is 0.153. The van der Waals surface area contributed by atoms with Crippen molar-refractivity contribution in [3.05, 3.63) is 144 Å². The SMILES string of the molecule is Cc1cc(C=Nn2c(-c3cccc(C(F)(F)F)c3)nc3ccccc3c2=O)c(C)n1-c1ccc(OCc2ccc(Br)cc2Br)cc1. The smallest absolute Gasteiger partial charge is 0.416 e. The van der Waals surface area contributed by atoms with Crippen LogP contribution in [0.5, 0.6) is 5.75 Å². The third-order valence-corrected chi connectivity index (χ3v) is 8.72. The second kappa shape index (κ2) is 12.7. The Morgan fingerprint density at radius 1 is 0.913 bits per heavy atom. The first kappa shape index (κ1) is 31.5. The summed E-state index contributed by atoms with van der Waals surface area (Å²) in [4.78, 5) is 18.1. The lowest BCUT2D eigenvalue weighted by molar-refractivity contribution is -0.137. The Labute approximate surface area is 279 Å². The van der Waals surface area contributed by atoms with E-state index in [1.165, 1.54) is 18.3 Å². The van der Waals surface area contributed by atoms with Crippen LogP contribution in [0.3, 0.4) is 0 Å². The van der Waals surface area contributed by atoms with Crippen molar-refractivity contribution in [2.75, 3.05) is 0 Å². The van der Waals surface area contributed by atoms with E-state index in [4.69, 9.17) is 4.74 Å². The van der Waals surface area contributed by atoms with E-state index in [0.29, 0.717) is 23.3 Å². The van der Waals surface area contributed by atoms with E-state index in [9.17, 15) is 18.0 Å². The zero-order chi connectivity index (χ0) is 32.6. The van der Waals surface area contributed by atoms with Gasteiger partial charge in [-0.1, -0.05) is 62.2 Å². The van der Waals surface area contributed by atoms with Crippen LogP contribution in [-0.2, 0) is 12.8 Å². The van der Waals surface area contributed by atoms with Gasteiger partial charge in [0.15, 0.2) is 5.82 Å². The molecule has 11 heteroatoms. The fourth-order valence-electron chi connectivity index (χ4n) is 5.18. The monoisotopic (exact) mass is 748 g/mol. The first-order chi connectivity index (χ1) is 22.0. The van der Waals surface area contributed by atoms with Crippen LogP contribution in [0.2, 0.25) is 0 Å². The summed E-state index contributed by atoms with van der Waals surface area (Å²) < 4.78 is 51.6. The number of ether oxygens (including phenoxy) is 1. The van der Waals surface area contributed by atoms with Crippen molar-refractivity contribution >= 4 is 49.0 Å². The maximum absolute atomic E-state index is 13.6. The van der Waals surface area contributed by atoms with E-state index in [1.807, 2.05) is 66.9 Å². The lowest BCUT2D eigenvalue weighted by atomic mass is 10.1. The van der Waals surface area contributed by atoms with Gasteiger partial charge in [0.25, 0.3) is 5.56 Å². The van der Waals surface area contributed by atoms with E-state index in [-0.39, 0.29) is 11.4 Å². The van der Waals surface area contributed by atoms with Gasteiger partial charge in [0.05, 0.1) is 22.7 Å². The van der Waals surface area contributed by atoms with Crippen molar-refractivity contribution in [2.45, 2.75) is 26.6 Å². The molecule has 2 heterocycles. The molecule has 0 unspecified atom stereocenters. The molecule has 0 atom stereocenters. The second-order valence-electron chi connectivity index (χ2n) is 10.6.